The Bertz CT molecular complexity index is 485. The molecular weight excluding hydrogens is 262 g/mol. The topological polar surface area (TPSA) is 30.5 Å². The van der Waals surface area contributed by atoms with Crippen LogP contribution >= 0.6 is 11.6 Å². The van der Waals surface area contributed by atoms with Gasteiger partial charge in [0, 0.05) is 6.04 Å². The fourth-order valence-corrected chi connectivity index (χ4v) is 2.34. The van der Waals surface area contributed by atoms with E-state index in [1.807, 2.05) is 12.1 Å². The minimum Gasteiger partial charge on any atom is -0.486 e. The molecule has 1 N–H and O–H groups in total. The van der Waals surface area contributed by atoms with E-state index in [2.05, 4.69) is 32.2 Å². The highest BCUT2D eigenvalue weighted by molar-refractivity contribution is 6.32. The lowest BCUT2D eigenvalue weighted by Gasteiger charge is -2.20. The first-order valence-electron chi connectivity index (χ1n) is 6.62. The molecule has 0 amide bonds. The Balaban J connectivity index is 2.26. The van der Waals surface area contributed by atoms with Gasteiger partial charge in [-0.2, -0.15) is 0 Å². The van der Waals surface area contributed by atoms with Crippen LogP contribution in [0, 0.1) is 0 Å². The smallest absolute Gasteiger partial charge is 0.179 e. The lowest BCUT2D eigenvalue weighted by Crippen LogP contribution is -2.26. The summed E-state index contributed by atoms with van der Waals surface area (Å²) < 4.78 is 11.1. The van der Waals surface area contributed by atoms with Crippen molar-refractivity contribution in [1.82, 2.24) is 5.32 Å². The van der Waals surface area contributed by atoms with Gasteiger partial charge in [-0.3, -0.25) is 0 Å². The Morgan fingerprint density at radius 1 is 1.42 bits per heavy atom. The van der Waals surface area contributed by atoms with Crippen LogP contribution in [0.1, 0.15) is 26.3 Å². The summed E-state index contributed by atoms with van der Waals surface area (Å²) in [7, 11) is 0. The van der Waals surface area contributed by atoms with Gasteiger partial charge < -0.3 is 14.8 Å². The molecule has 0 aromatic heterocycles. The summed E-state index contributed by atoms with van der Waals surface area (Å²) in [5.74, 6) is 1.39. The molecule has 0 saturated carbocycles. The second-order valence-corrected chi connectivity index (χ2v) is 5.10. The van der Waals surface area contributed by atoms with E-state index >= 15 is 0 Å². The van der Waals surface area contributed by atoms with E-state index in [0.717, 1.165) is 17.9 Å². The summed E-state index contributed by atoms with van der Waals surface area (Å²) in [6.45, 7) is 8.44. The van der Waals surface area contributed by atoms with Crippen molar-refractivity contribution in [2.24, 2.45) is 0 Å². The maximum absolute atomic E-state index is 6.22. The van der Waals surface area contributed by atoms with Crippen LogP contribution in [0.25, 0.3) is 6.08 Å². The highest BCUT2D eigenvalue weighted by Gasteiger charge is 2.16. The number of nitrogens with one attached hydrogen (secondary N) is 1. The van der Waals surface area contributed by atoms with Gasteiger partial charge in [-0.25, -0.2) is 0 Å². The van der Waals surface area contributed by atoms with Crippen molar-refractivity contribution < 1.29 is 9.47 Å². The first kappa shape index (κ1) is 14.2. The van der Waals surface area contributed by atoms with E-state index in [0.29, 0.717) is 30.0 Å². The summed E-state index contributed by atoms with van der Waals surface area (Å²) in [5, 5.41) is 3.99. The van der Waals surface area contributed by atoms with Crippen molar-refractivity contribution in [1.29, 1.82) is 0 Å². The van der Waals surface area contributed by atoms with Gasteiger partial charge in [-0.05, 0) is 38.1 Å². The Kier molecular flexibility index (Phi) is 4.72. The van der Waals surface area contributed by atoms with E-state index < -0.39 is 0 Å². The molecule has 19 heavy (non-hydrogen) atoms. The van der Waals surface area contributed by atoms with Gasteiger partial charge in [-0.1, -0.05) is 30.2 Å². The predicted molar refractivity (Wildman–Crippen MR) is 79.2 cm³/mol. The van der Waals surface area contributed by atoms with Crippen molar-refractivity contribution in [3.63, 3.8) is 0 Å². The summed E-state index contributed by atoms with van der Waals surface area (Å²) in [5.41, 5.74) is 2.30. The van der Waals surface area contributed by atoms with Crippen molar-refractivity contribution in [3.8, 4) is 11.5 Å². The first-order chi connectivity index (χ1) is 9.11. The van der Waals surface area contributed by atoms with Crippen LogP contribution in [-0.4, -0.2) is 25.8 Å². The third-order valence-corrected chi connectivity index (χ3v) is 3.49. The second kappa shape index (κ2) is 6.31. The van der Waals surface area contributed by atoms with E-state index in [1.54, 1.807) is 0 Å². The van der Waals surface area contributed by atoms with Gasteiger partial charge >= 0.3 is 0 Å². The van der Waals surface area contributed by atoms with Crippen LogP contribution in [0.5, 0.6) is 11.5 Å². The van der Waals surface area contributed by atoms with E-state index in [1.165, 1.54) is 5.57 Å². The zero-order chi connectivity index (χ0) is 13.8. The minimum atomic E-state index is 0.344. The number of hydrogen-bond donors (Lipinski definition) is 1. The van der Waals surface area contributed by atoms with Crippen molar-refractivity contribution in [2.45, 2.75) is 26.8 Å². The van der Waals surface area contributed by atoms with Crippen molar-refractivity contribution >= 4 is 17.7 Å². The average Bonchev–Trinajstić information content (AvgIpc) is 2.39. The van der Waals surface area contributed by atoms with Crippen molar-refractivity contribution in [2.75, 3.05) is 19.8 Å². The van der Waals surface area contributed by atoms with Crippen LogP contribution in [0.2, 0.25) is 5.02 Å². The number of rotatable bonds is 4. The van der Waals surface area contributed by atoms with Crippen LogP contribution in [-0.2, 0) is 0 Å². The third kappa shape index (κ3) is 3.43. The molecule has 0 fully saturated rings. The van der Waals surface area contributed by atoms with Gasteiger partial charge in [0.05, 0.1) is 5.02 Å². The Morgan fingerprint density at radius 3 is 2.89 bits per heavy atom. The first-order valence-corrected chi connectivity index (χ1v) is 7.00. The number of fused-ring (bicyclic) bond motifs is 1. The molecule has 1 aliphatic rings. The predicted octanol–water partition coefficient (Wildman–Crippen LogP) is 3.51. The zero-order valence-corrected chi connectivity index (χ0v) is 12.4. The molecule has 0 aliphatic carbocycles. The molecule has 0 spiro atoms. The number of halogens is 1. The summed E-state index contributed by atoms with van der Waals surface area (Å²) in [6, 6.07) is 4.23. The Labute approximate surface area is 119 Å². The van der Waals surface area contributed by atoms with Crippen LogP contribution in [0.15, 0.2) is 17.7 Å². The zero-order valence-electron chi connectivity index (χ0n) is 11.6. The normalized spacial score (nSPS) is 16.3. The quantitative estimate of drug-likeness (QED) is 0.916. The monoisotopic (exact) mass is 281 g/mol. The van der Waals surface area contributed by atoms with Crippen LogP contribution in [0.4, 0.5) is 0 Å². The lowest BCUT2D eigenvalue weighted by atomic mass is 10.1. The SMILES string of the molecule is CCNC(C)/C(C)=C/c1cc(Cl)c2c(c1)OCCO2. The molecular formula is C15H20ClNO2. The lowest BCUT2D eigenvalue weighted by molar-refractivity contribution is 0.171. The number of likely N-dealkylation sites (N-methyl/N-ethyl adjacent to an activating group) is 1. The van der Waals surface area contributed by atoms with E-state index in [9.17, 15) is 0 Å². The molecule has 2 rings (SSSR count). The van der Waals surface area contributed by atoms with Crippen LogP contribution < -0.4 is 14.8 Å². The maximum atomic E-state index is 6.22. The largest absolute Gasteiger partial charge is 0.486 e. The van der Waals surface area contributed by atoms with E-state index in [4.69, 9.17) is 21.1 Å². The van der Waals surface area contributed by atoms with Gasteiger partial charge in [0.15, 0.2) is 11.5 Å². The molecule has 0 radical (unpaired) electrons. The molecule has 1 aliphatic heterocycles. The second-order valence-electron chi connectivity index (χ2n) is 4.69. The fraction of sp³-hybridized carbons (Fsp3) is 0.467. The summed E-state index contributed by atoms with van der Waals surface area (Å²) >= 11 is 6.22. The molecule has 0 bridgehead atoms. The Hall–Kier alpha value is -1.19. The molecule has 4 heteroatoms. The fourth-order valence-electron chi connectivity index (χ4n) is 2.07. The molecule has 1 aromatic rings. The highest BCUT2D eigenvalue weighted by atomic mass is 35.5. The third-order valence-electron chi connectivity index (χ3n) is 3.21. The van der Waals surface area contributed by atoms with Gasteiger partial charge in [0.25, 0.3) is 0 Å². The molecule has 0 saturated heterocycles. The van der Waals surface area contributed by atoms with E-state index in [-0.39, 0.29) is 0 Å². The van der Waals surface area contributed by atoms with Gasteiger partial charge in [0.2, 0.25) is 0 Å². The maximum Gasteiger partial charge on any atom is 0.179 e. The number of ether oxygens (including phenoxy) is 2. The number of hydrogen-bond acceptors (Lipinski definition) is 3. The average molecular weight is 282 g/mol. The minimum absolute atomic E-state index is 0.344. The standard InChI is InChI=1S/C15H20ClNO2/c1-4-17-11(3)10(2)7-12-8-13(16)15-14(9-12)18-5-6-19-15/h7-9,11,17H,4-6H2,1-3H3/b10-7+. The van der Waals surface area contributed by atoms with Gasteiger partial charge in [0.1, 0.15) is 13.2 Å². The van der Waals surface area contributed by atoms with Crippen LogP contribution in [0.3, 0.4) is 0 Å². The van der Waals surface area contributed by atoms with Gasteiger partial charge in [-0.15, -0.1) is 0 Å². The molecule has 1 unspecified atom stereocenters. The highest BCUT2D eigenvalue weighted by Crippen LogP contribution is 2.38. The van der Waals surface area contributed by atoms with Crippen molar-refractivity contribution in [3.05, 3.63) is 28.3 Å². The summed E-state index contributed by atoms with van der Waals surface area (Å²) in [6.07, 6.45) is 2.12. The summed E-state index contributed by atoms with van der Waals surface area (Å²) in [4.78, 5) is 0. The molecule has 3 nitrogen and oxygen atoms in total. The molecule has 1 atom stereocenters. The molecule has 1 aromatic carbocycles. The molecule has 1 heterocycles. The Morgan fingerprint density at radius 2 is 2.16 bits per heavy atom. The number of benzene rings is 1. The molecule has 104 valence electrons.